The van der Waals surface area contributed by atoms with Crippen LogP contribution in [0.4, 0.5) is 4.39 Å². The summed E-state index contributed by atoms with van der Waals surface area (Å²) in [6.07, 6.45) is 2.30. The lowest BCUT2D eigenvalue weighted by molar-refractivity contribution is -0.121. The van der Waals surface area contributed by atoms with Crippen LogP contribution in [-0.2, 0) is 21.2 Å². The van der Waals surface area contributed by atoms with Gasteiger partial charge in [0.1, 0.15) is 12.4 Å². The van der Waals surface area contributed by atoms with Gasteiger partial charge in [0.05, 0.1) is 9.79 Å². The molecule has 0 saturated carbocycles. The van der Waals surface area contributed by atoms with Crippen molar-refractivity contribution in [1.82, 2.24) is 14.8 Å². The van der Waals surface area contributed by atoms with Gasteiger partial charge in [-0.25, -0.2) is 12.8 Å². The van der Waals surface area contributed by atoms with Gasteiger partial charge in [-0.1, -0.05) is 18.2 Å². The maximum atomic E-state index is 13.2. The van der Waals surface area contributed by atoms with Crippen molar-refractivity contribution in [1.29, 1.82) is 0 Å². The van der Waals surface area contributed by atoms with Gasteiger partial charge in [0.15, 0.2) is 0 Å². The molecule has 0 aliphatic heterocycles. The minimum absolute atomic E-state index is 0.00920. The van der Waals surface area contributed by atoms with E-state index in [1.807, 2.05) is 19.0 Å². The summed E-state index contributed by atoms with van der Waals surface area (Å²) in [6, 6.07) is 11.7. The maximum absolute atomic E-state index is 13.2. The smallest absolute Gasteiger partial charge is 0.239 e. The standard InChI is InChI=1S/C21H24FN3O3S/c1-24(2)13-5-12-23-21(26)15-25-14-20(18-6-3-4-7-19(18)25)29(27,28)17-10-8-16(22)9-11-17/h3-4,6-11,14H,5,12-13,15H2,1-2H3,(H,23,26). The molecule has 8 heteroatoms. The van der Waals surface area contributed by atoms with Crippen LogP contribution in [-0.4, -0.2) is 51.0 Å². The van der Waals surface area contributed by atoms with E-state index in [0.717, 1.165) is 25.1 Å². The first kappa shape index (κ1) is 21.0. The summed E-state index contributed by atoms with van der Waals surface area (Å²) < 4.78 is 41.0. The van der Waals surface area contributed by atoms with Crippen LogP contribution >= 0.6 is 0 Å². The molecule has 1 N–H and O–H groups in total. The second kappa shape index (κ2) is 8.75. The fourth-order valence-electron chi connectivity index (χ4n) is 3.13. The molecule has 3 rings (SSSR count). The van der Waals surface area contributed by atoms with E-state index in [1.54, 1.807) is 28.8 Å². The fourth-order valence-corrected chi connectivity index (χ4v) is 4.61. The molecule has 1 heterocycles. The molecule has 154 valence electrons. The lowest BCUT2D eigenvalue weighted by atomic mass is 10.2. The van der Waals surface area contributed by atoms with Crippen LogP contribution in [0, 0.1) is 5.82 Å². The number of sulfone groups is 1. The zero-order valence-electron chi connectivity index (χ0n) is 16.4. The van der Waals surface area contributed by atoms with Gasteiger partial charge < -0.3 is 14.8 Å². The van der Waals surface area contributed by atoms with E-state index in [-0.39, 0.29) is 22.2 Å². The van der Waals surface area contributed by atoms with E-state index in [9.17, 15) is 17.6 Å². The Morgan fingerprint density at radius 3 is 2.48 bits per heavy atom. The van der Waals surface area contributed by atoms with Gasteiger partial charge in [-0.2, -0.15) is 0 Å². The largest absolute Gasteiger partial charge is 0.355 e. The van der Waals surface area contributed by atoms with E-state index < -0.39 is 15.7 Å². The van der Waals surface area contributed by atoms with Gasteiger partial charge in [0, 0.05) is 23.6 Å². The molecule has 3 aromatic rings. The van der Waals surface area contributed by atoms with Gasteiger partial charge in [0.2, 0.25) is 15.7 Å². The van der Waals surface area contributed by atoms with Crippen molar-refractivity contribution < 1.29 is 17.6 Å². The van der Waals surface area contributed by atoms with E-state index in [0.29, 0.717) is 17.4 Å². The number of nitrogens with one attached hydrogen (secondary N) is 1. The summed E-state index contributed by atoms with van der Waals surface area (Å²) in [6.45, 7) is 1.44. The van der Waals surface area contributed by atoms with Crippen LogP contribution in [0.15, 0.2) is 64.5 Å². The van der Waals surface area contributed by atoms with Crippen LogP contribution in [0.25, 0.3) is 10.9 Å². The molecule has 6 nitrogen and oxygen atoms in total. The molecule has 0 aliphatic rings. The molecule has 1 aromatic heterocycles. The number of hydrogen-bond acceptors (Lipinski definition) is 4. The summed E-state index contributed by atoms with van der Waals surface area (Å²) in [4.78, 5) is 14.5. The summed E-state index contributed by atoms with van der Waals surface area (Å²) in [5.41, 5.74) is 0.650. The number of benzene rings is 2. The molecule has 1 amide bonds. The van der Waals surface area contributed by atoms with Crippen molar-refractivity contribution in [3.63, 3.8) is 0 Å². The molecule has 0 atom stereocenters. The molecule has 29 heavy (non-hydrogen) atoms. The van der Waals surface area contributed by atoms with Crippen LogP contribution in [0.2, 0.25) is 0 Å². The Balaban J connectivity index is 1.87. The Bertz CT molecular complexity index is 1110. The average Bonchev–Trinajstić information content (AvgIpc) is 3.05. The highest BCUT2D eigenvalue weighted by Crippen LogP contribution is 2.30. The van der Waals surface area contributed by atoms with Crippen molar-refractivity contribution in [2.24, 2.45) is 0 Å². The van der Waals surface area contributed by atoms with Crippen LogP contribution in [0.5, 0.6) is 0 Å². The summed E-state index contributed by atoms with van der Waals surface area (Å²) in [5.74, 6) is -0.687. The Kier molecular flexibility index (Phi) is 6.34. The summed E-state index contributed by atoms with van der Waals surface area (Å²) in [5, 5.41) is 3.38. The Labute approximate surface area is 169 Å². The van der Waals surface area contributed by atoms with Crippen molar-refractivity contribution in [3.05, 3.63) is 60.5 Å². The molecule has 2 aromatic carbocycles. The number of nitrogens with zero attached hydrogens (tertiary/aromatic N) is 2. The third-order valence-electron chi connectivity index (χ3n) is 4.58. The number of carbonyl (C=O) groups excluding carboxylic acids is 1. The first-order valence-corrected chi connectivity index (χ1v) is 10.8. The SMILES string of the molecule is CN(C)CCCNC(=O)Cn1cc(S(=O)(=O)c2ccc(F)cc2)c2ccccc21. The number of hydrogen-bond donors (Lipinski definition) is 1. The number of aromatic nitrogens is 1. The van der Waals surface area contributed by atoms with Crippen molar-refractivity contribution in [2.75, 3.05) is 27.2 Å². The highest BCUT2D eigenvalue weighted by atomic mass is 32.2. The zero-order valence-corrected chi connectivity index (χ0v) is 17.2. The minimum Gasteiger partial charge on any atom is -0.355 e. The number of rotatable bonds is 8. The van der Waals surface area contributed by atoms with Gasteiger partial charge in [-0.15, -0.1) is 0 Å². The normalized spacial score (nSPS) is 11.9. The van der Waals surface area contributed by atoms with Crippen LogP contribution in [0.3, 0.4) is 0 Å². The number of halogens is 1. The van der Waals surface area contributed by atoms with Crippen LogP contribution < -0.4 is 5.32 Å². The number of fused-ring (bicyclic) bond motifs is 1. The number of amides is 1. The van der Waals surface area contributed by atoms with Gasteiger partial charge in [0.25, 0.3) is 0 Å². The molecule has 0 unspecified atom stereocenters. The third-order valence-corrected chi connectivity index (χ3v) is 6.38. The first-order chi connectivity index (χ1) is 13.8. The topological polar surface area (TPSA) is 71.4 Å². The second-order valence-corrected chi connectivity index (χ2v) is 9.02. The van der Waals surface area contributed by atoms with E-state index >= 15 is 0 Å². The maximum Gasteiger partial charge on any atom is 0.239 e. The quantitative estimate of drug-likeness (QED) is 0.452. The number of para-hydroxylation sites is 1. The van der Waals surface area contributed by atoms with Crippen LogP contribution in [0.1, 0.15) is 6.42 Å². The Morgan fingerprint density at radius 1 is 1.10 bits per heavy atom. The Hall–Kier alpha value is -2.71. The molecule has 0 saturated heterocycles. The lowest BCUT2D eigenvalue weighted by Gasteiger charge is -2.10. The highest BCUT2D eigenvalue weighted by Gasteiger charge is 2.23. The van der Waals surface area contributed by atoms with Crippen molar-refractivity contribution >= 4 is 26.6 Å². The van der Waals surface area contributed by atoms with E-state index in [4.69, 9.17) is 0 Å². The van der Waals surface area contributed by atoms with E-state index in [1.165, 1.54) is 18.3 Å². The van der Waals surface area contributed by atoms with E-state index in [2.05, 4.69) is 5.32 Å². The molecular weight excluding hydrogens is 393 g/mol. The minimum atomic E-state index is -3.85. The molecule has 0 spiro atoms. The predicted octanol–water partition coefficient (Wildman–Crippen LogP) is 2.68. The average molecular weight is 418 g/mol. The molecular formula is C21H24FN3O3S. The highest BCUT2D eigenvalue weighted by molar-refractivity contribution is 7.91. The molecule has 0 aliphatic carbocycles. The number of carbonyl (C=O) groups is 1. The fraction of sp³-hybridized carbons (Fsp3) is 0.286. The monoisotopic (exact) mass is 417 g/mol. The lowest BCUT2D eigenvalue weighted by Crippen LogP contribution is -2.30. The van der Waals surface area contributed by atoms with Gasteiger partial charge in [-0.05, 0) is 57.4 Å². The molecule has 0 bridgehead atoms. The third kappa shape index (κ3) is 4.83. The summed E-state index contributed by atoms with van der Waals surface area (Å²) in [7, 11) is 0.0858. The van der Waals surface area contributed by atoms with Gasteiger partial charge >= 0.3 is 0 Å². The molecule has 0 fully saturated rings. The zero-order chi connectivity index (χ0) is 21.0. The predicted molar refractivity (Wildman–Crippen MR) is 110 cm³/mol. The Morgan fingerprint density at radius 2 is 1.79 bits per heavy atom. The second-order valence-electron chi connectivity index (χ2n) is 7.10. The first-order valence-electron chi connectivity index (χ1n) is 9.29. The molecule has 0 radical (unpaired) electrons. The summed E-state index contributed by atoms with van der Waals surface area (Å²) >= 11 is 0. The van der Waals surface area contributed by atoms with Crippen molar-refractivity contribution in [3.8, 4) is 0 Å². The van der Waals surface area contributed by atoms with Gasteiger partial charge in [-0.3, -0.25) is 4.79 Å². The van der Waals surface area contributed by atoms with Crippen molar-refractivity contribution in [2.45, 2.75) is 22.8 Å².